The molecule has 0 radical (unpaired) electrons. The molecule has 0 aliphatic rings. The molecule has 3 aromatic rings. The fourth-order valence-electron chi connectivity index (χ4n) is 2.64. The summed E-state index contributed by atoms with van der Waals surface area (Å²) in [5.41, 5.74) is 1.65. The second-order valence-electron chi connectivity index (χ2n) is 6.33. The number of nitro groups is 1. The summed E-state index contributed by atoms with van der Waals surface area (Å²) >= 11 is 0. The lowest BCUT2D eigenvalue weighted by Gasteiger charge is -2.18. The van der Waals surface area contributed by atoms with Crippen LogP contribution in [0.4, 0.5) is 17.2 Å². The van der Waals surface area contributed by atoms with Gasteiger partial charge in [0.2, 0.25) is 5.82 Å². The minimum atomic E-state index is -0.521. The lowest BCUT2D eigenvalue weighted by atomic mass is 10.0. The zero-order chi connectivity index (χ0) is 19.4. The molecule has 0 aliphatic heterocycles. The third-order valence-corrected chi connectivity index (χ3v) is 4.17. The number of benzene rings is 2. The van der Waals surface area contributed by atoms with Crippen LogP contribution in [0.25, 0.3) is 0 Å². The minimum absolute atomic E-state index is 0.0925. The van der Waals surface area contributed by atoms with Gasteiger partial charge in [-0.05, 0) is 35.7 Å². The van der Waals surface area contributed by atoms with Gasteiger partial charge in [-0.2, -0.15) is 4.98 Å². The van der Waals surface area contributed by atoms with Gasteiger partial charge in [0.25, 0.3) is 0 Å². The molecule has 7 nitrogen and oxygen atoms in total. The molecule has 0 spiro atoms. The first-order chi connectivity index (χ1) is 13.0. The van der Waals surface area contributed by atoms with E-state index in [0.717, 1.165) is 11.3 Å². The molecule has 0 aliphatic carbocycles. The van der Waals surface area contributed by atoms with E-state index in [1.807, 2.05) is 42.5 Å². The second-order valence-corrected chi connectivity index (χ2v) is 6.33. The summed E-state index contributed by atoms with van der Waals surface area (Å²) in [6.07, 6.45) is 1.26. The number of hydrogen-bond acceptors (Lipinski definition) is 6. The first-order valence-corrected chi connectivity index (χ1v) is 8.53. The largest absolute Gasteiger partial charge is 0.434 e. The van der Waals surface area contributed by atoms with E-state index in [2.05, 4.69) is 23.8 Å². The molecule has 0 atom stereocenters. The predicted molar refractivity (Wildman–Crippen MR) is 104 cm³/mol. The highest BCUT2D eigenvalue weighted by atomic mass is 16.6. The lowest BCUT2D eigenvalue weighted by molar-refractivity contribution is -0.385. The lowest BCUT2D eigenvalue weighted by Crippen LogP contribution is -2.14. The fraction of sp³-hybridized carbons (Fsp3) is 0.200. The SMILES string of the molecule is CC(C)c1ccc(Oc2ncnc(N(C)c3ccccc3)c2[N+](=O)[O-])cc1. The van der Waals surface area contributed by atoms with Crippen molar-refractivity contribution in [1.29, 1.82) is 0 Å². The van der Waals surface area contributed by atoms with Crippen LogP contribution in [0.2, 0.25) is 0 Å². The molecular weight excluding hydrogens is 344 g/mol. The zero-order valence-corrected chi connectivity index (χ0v) is 15.4. The number of aromatic nitrogens is 2. The predicted octanol–water partition coefficient (Wildman–Crippen LogP) is 5.07. The summed E-state index contributed by atoms with van der Waals surface area (Å²) < 4.78 is 5.71. The van der Waals surface area contributed by atoms with Crippen LogP contribution in [0.3, 0.4) is 0 Å². The van der Waals surface area contributed by atoms with Gasteiger partial charge in [0.05, 0.1) is 4.92 Å². The van der Waals surface area contributed by atoms with Gasteiger partial charge < -0.3 is 9.64 Å². The molecule has 0 saturated carbocycles. The molecule has 138 valence electrons. The van der Waals surface area contributed by atoms with E-state index in [-0.39, 0.29) is 17.4 Å². The molecule has 7 heteroatoms. The van der Waals surface area contributed by atoms with Gasteiger partial charge in [-0.25, -0.2) is 4.98 Å². The summed E-state index contributed by atoms with van der Waals surface area (Å²) in [4.78, 5) is 20.9. The third kappa shape index (κ3) is 4.03. The van der Waals surface area contributed by atoms with Gasteiger partial charge in [0.1, 0.15) is 12.1 Å². The Kier molecular flexibility index (Phi) is 5.30. The van der Waals surface area contributed by atoms with Crippen LogP contribution in [0.5, 0.6) is 11.6 Å². The van der Waals surface area contributed by atoms with E-state index in [4.69, 9.17) is 4.74 Å². The van der Waals surface area contributed by atoms with E-state index in [1.165, 1.54) is 6.33 Å². The van der Waals surface area contributed by atoms with Crippen LogP contribution in [0.15, 0.2) is 60.9 Å². The van der Waals surface area contributed by atoms with Gasteiger partial charge >= 0.3 is 11.6 Å². The average Bonchev–Trinajstić information content (AvgIpc) is 2.68. The summed E-state index contributed by atoms with van der Waals surface area (Å²) in [6.45, 7) is 4.19. The van der Waals surface area contributed by atoms with Crippen molar-refractivity contribution in [1.82, 2.24) is 9.97 Å². The molecule has 0 bridgehead atoms. The van der Waals surface area contributed by atoms with Crippen molar-refractivity contribution in [2.75, 3.05) is 11.9 Å². The van der Waals surface area contributed by atoms with Gasteiger partial charge in [-0.3, -0.25) is 10.1 Å². The molecular formula is C20H20N4O3. The third-order valence-electron chi connectivity index (χ3n) is 4.17. The van der Waals surface area contributed by atoms with Gasteiger partial charge in [-0.15, -0.1) is 0 Å². The van der Waals surface area contributed by atoms with E-state index in [9.17, 15) is 10.1 Å². The van der Waals surface area contributed by atoms with Crippen molar-refractivity contribution in [2.45, 2.75) is 19.8 Å². The Labute approximate surface area is 157 Å². The minimum Gasteiger partial charge on any atom is -0.434 e. The van der Waals surface area contributed by atoms with Crippen LogP contribution < -0.4 is 9.64 Å². The molecule has 3 rings (SSSR count). The number of hydrogen-bond donors (Lipinski definition) is 0. The van der Waals surface area contributed by atoms with E-state index < -0.39 is 4.92 Å². The molecule has 0 fully saturated rings. The Morgan fingerprint density at radius 3 is 2.30 bits per heavy atom. The number of para-hydroxylation sites is 1. The molecule has 0 unspecified atom stereocenters. The molecule has 0 N–H and O–H groups in total. The van der Waals surface area contributed by atoms with Crippen LogP contribution in [-0.2, 0) is 0 Å². The maximum atomic E-state index is 11.7. The quantitative estimate of drug-likeness (QED) is 0.449. The first-order valence-electron chi connectivity index (χ1n) is 8.53. The summed E-state index contributed by atoms with van der Waals surface area (Å²) in [6, 6.07) is 16.7. The molecule has 1 heterocycles. The fourth-order valence-corrected chi connectivity index (χ4v) is 2.64. The molecule has 0 saturated heterocycles. The van der Waals surface area contributed by atoms with E-state index in [0.29, 0.717) is 11.7 Å². The van der Waals surface area contributed by atoms with E-state index in [1.54, 1.807) is 24.1 Å². The topological polar surface area (TPSA) is 81.4 Å². The highest BCUT2D eigenvalue weighted by molar-refractivity contribution is 5.70. The number of nitrogens with zero attached hydrogens (tertiary/aromatic N) is 4. The summed E-state index contributed by atoms with van der Waals surface area (Å²) in [5, 5.41) is 11.7. The second kappa shape index (κ2) is 7.82. The van der Waals surface area contributed by atoms with Crippen molar-refractivity contribution in [3.05, 3.63) is 76.6 Å². The van der Waals surface area contributed by atoms with E-state index >= 15 is 0 Å². The van der Waals surface area contributed by atoms with Crippen LogP contribution >= 0.6 is 0 Å². The Hall–Kier alpha value is -3.48. The number of anilines is 2. The Bertz CT molecular complexity index is 928. The van der Waals surface area contributed by atoms with Crippen molar-refractivity contribution in [3.8, 4) is 11.6 Å². The van der Waals surface area contributed by atoms with Gasteiger partial charge in [0.15, 0.2) is 0 Å². The smallest absolute Gasteiger partial charge is 0.373 e. The standard InChI is InChI=1S/C20H20N4O3/c1-14(2)15-9-11-17(12-10-15)27-20-18(24(25)26)19(21-13-22-20)23(3)16-7-5-4-6-8-16/h4-14H,1-3H3. The Balaban J connectivity index is 1.97. The first kappa shape index (κ1) is 18.3. The van der Waals surface area contributed by atoms with Crippen LogP contribution in [0.1, 0.15) is 25.3 Å². The number of rotatable bonds is 6. The molecule has 27 heavy (non-hydrogen) atoms. The summed E-state index contributed by atoms with van der Waals surface area (Å²) in [5.74, 6) is 0.938. The molecule has 0 amide bonds. The maximum absolute atomic E-state index is 11.7. The molecule has 2 aromatic carbocycles. The normalized spacial score (nSPS) is 10.7. The van der Waals surface area contributed by atoms with Crippen molar-refractivity contribution < 1.29 is 9.66 Å². The monoisotopic (exact) mass is 364 g/mol. The Morgan fingerprint density at radius 2 is 1.70 bits per heavy atom. The highest BCUT2D eigenvalue weighted by Crippen LogP contribution is 2.38. The molecule has 1 aromatic heterocycles. The maximum Gasteiger partial charge on any atom is 0.373 e. The van der Waals surface area contributed by atoms with Crippen molar-refractivity contribution in [2.24, 2.45) is 0 Å². The Morgan fingerprint density at radius 1 is 1.04 bits per heavy atom. The zero-order valence-electron chi connectivity index (χ0n) is 15.4. The highest BCUT2D eigenvalue weighted by Gasteiger charge is 2.28. The van der Waals surface area contributed by atoms with Gasteiger partial charge in [-0.1, -0.05) is 44.2 Å². The van der Waals surface area contributed by atoms with Gasteiger partial charge in [0, 0.05) is 12.7 Å². The average molecular weight is 364 g/mol. The van der Waals surface area contributed by atoms with Crippen molar-refractivity contribution >= 4 is 17.2 Å². The van der Waals surface area contributed by atoms with Crippen LogP contribution in [0, 0.1) is 10.1 Å². The van der Waals surface area contributed by atoms with Crippen molar-refractivity contribution in [3.63, 3.8) is 0 Å². The van der Waals surface area contributed by atoms with Crippen LogP contribution in [-0.4, -0.2) is 21.9 Å². The number of ether oxygens (including phenoxy) is 1. The summed E-state index contributed by atoms with van der Waals surface area (Å²) in [7, 11) is 1.71.